The lowest BCUT2D eigenvalue weighted by atomic mass is 9.45. The summed E-state index contributed by atoms with van der Waals surface area (Å²) in [5, 5.41) is 15.9. The van der Waals surface area contributed by atoms with Crippen LogP contribution in [0.4, 0.5) is 0 Å². The number of aromatic nitrogens is 3. The molecule has 1 saturated heterocycles. The summed E-state index contributed by atoms with van der Waals surface area (Å²) in [6.07, 6.45) is 5.06. The highest BCUT2D eigenvalue weighted by Gasteiger charge is 2.57. The van der Waals surface area contributed by atoms with Crippen molar-refractivity contribution < 1.29 is 14.6 Å². The first-order valence-corrected chi connectivity index (χ1v) is 13.0. The molecule has 0 unspecified atom stereocenters. The maximum atomic E-state index is 10.6. The summed E-state index contributed by atoms with van der Waals surface area (Å²) in [6, 6.07) is 5.35. The summed E-state index contributed by atoms with van der Waals surface area (Å²) in [5.41, 5.74) is 1.09. The molecule has 0 radical (unpaired) electrons. The Kier molecular flexibility index (Phi) is 6.27. The molecule has 3 aliphatic carbocycles. The standard InChI is InChI=1S/C23H29Cl2N3O3S/c1-22(2)14-5-19(22)17(21(29)6-14)10-32-9-16-8-30-23(31-16,11-28-13-26-12-27-28)18-4-3-15(24)7-20(18)25/h3-4,7,12-14,16-17,19,21,29H,5-6,8-11H2,1-2H3/t14-,16-,17+,19+,21+,23+/m1/s1. The molecule has 4 fully saturated rings. The van der Waals surface area contributed by atoms with E-state index in [1.807, 2.05) is 17.8 Å². The van der Waals surface area contributed by atoms with E-state index in [9.17, 15) is 5.11 Å². The molecule has 32 heavy (non-hydrogen) atoms. The summed E-state index contributed by atoms with van der Waals surface area (Å²) < 4.78 is 14.4. The second-order valence-corrected chi connectivity index (χ2v) is 11.8. The number of halogens is 2. The van der Waals surface area contributed by atoms with Crippen molar-refractivity contribution in [3.8, 4) is 0 Å². The van der Waals surface area contributed by atoms with E-state index in [0.29, 0.717) is 46.4 Å². The fourth-order valence-corrected chi connectivity index (χ4v) is 7.60. The Labute approximate surface area is 203 Å². The topological polar surface area (TPSA) is 69.4 Å². The third kappa shape index (κ3) is 4.10. The van der Waals surface area contributed by atoms with Crippen LogP contribution in [0, 0.1) is 23.2 Å². The van der Waals surface area contributed by atoms with Crippen LogP contribution in [0.5, 0.6) is 0 Å². The largest absolute Gasteiger partial charge is 0.393 e. The van der Waals surface area contributed by atoms with E-state index in [0.717, 1.165) is 23.5 Å². The van der Waals surface area contributed by atoms with Crippen LogP contribution in [0.1, 0.15) is 32.3 Å². The average Bonchev–Trinajstić information content (AvgIpc) is 3.39. The number of rotatable bonds is 7. The highest BCUT2D eigenvalue weighted by Crippen LogP contribution is 2.61. The Morgan fingerprint density at radius 2 is 2.09 bits per heavy atom. The Balaban J connectivity index is 1.26. The Hall–Kier alpha value is -0.830. The number of hydrogen-bond donors (Lipinski definition) is 1. The molecule has 1 aromatic heterocycles. The lowest BCUT2D eigenvalue weighted by Gasteiger charge is -2.61. The molecule has 6 rings (SSSR count). The lowest BCUT2D eigenvalue weighted by molar-refractivity contribution is -0.186. The first kappa shape index (κ1) is 22.9. The number of nitrogens with zero attached hydrogens (tertiary/aromatic N) is 3. The van der Waals surface area contributed by atoms with Crippen LogP contribution in [-0.2, 0) is 21.8 Å². The molecule has 0 amide bonds. The third-order valence-electron chi connectivity index (χ3n) is 7.74. The number of thioether (sulfide) groups is 1. The Bertz CT molecular complexity index is 960. The monoisotopic (exact) mass is 497 g/mol. The van der Waals surface area contributed by atoms with Crippen molar-refractivity contribution in [2.24, 2.45) is 23.2 Å². The molecular weight excluding hydrogens is 469 g/mol. The molecule has 1 N–H and O–H groups in total. The van der Waals surface area contributed by atoms with E-state index in [-0.39, 0.29) is 12.2 Å². The van der Waals surface area contributed by atoms with Crippen molar-refractivity contribution in [1.82, 2.24) is 14.8 Å². The maximum absolute atomic E-state index is 10.6. The zero-order valence-electron chi connectivity index (χ0n) is 18.3. The van der Waals surface area contributed by atoms with E-state index < -0.39 is 5.79 Å². The number of fused-ring (bicyclic) bond motifs is 2. The molecule has 6 nitrogen and oxygen atoms in total. The third-order valence-corrected chi connectivity index (χ3v) is 9.51. The van der Waals surface area contributed by atoms with Crippen LogP contribution in [-0.4, -0.2) is 50.2 Å². The number of aliphatic hydroxyl groups is 1. The Morgan fingerprint density at radius 1 is 1.25 bits per heavy atom. The summed E-state index contributed by atoms with van der Waals surface area (Å²) in [5.74, 6) is 2.34. The van der Waals surface area contributed by atoms with Gasteiger partial charge in [0, 0.05) is 16.3 Å². The maximum Gasteiger partial charge on any atom is 0.217 e. The summed E-state index contributed by atoms with van der Waals surface area (Å²) in [6.45, 7) is 5.52. The second-order valence-electron chi connectivity index (χ2n) is 9.89. The fraction of sp³-hybridized carbons (Fsp3) is 0.652. The second kappa shape index (κ2) is 8.75. The van der Waals surface area contributed by atoms with Gasteiger partial charge in [-0.2, -0.15) is 16.9 Å². The smallest absolute Gasteiger partial charge is 0.217 e. The van der Waals surface area contributed by atoms with Crippen LogP contribution < -0.4 is 0 Å². The molecule has 1 aromatic carbocycles. The minimum absolute atomic E-state index is 0.0850. The molecule has 6 atom stereocenters. The van der Waals surface area contributed by atoms with Gasteiger partial charge in [-0.15, -0.1) is 0 Å². The van der Waals surface area contributed by atoms with Crippen LogP contribution in [0.25, 0.3) is 0 Å². The van der Waals surface area contributed by atoms with Crippen molar-refractivity contribution >= 4 is 35.0 Å². The molecule has 4 aliphatic rings. The van der Waals surface area contributed by atoms with Crippen LogP contribution in [0.15, 0.2) is 30.9 Å². The van der Waals surface area contributed by atoms with Crippen molar-refractivity contribution in [2.45, 2.75) is 51.2 Å². The normalized spacial score (nSPS) is 35.6. The van der Waals surface area contributed by atoms with Gasteiger partial charge in [-0.3, -0.25) is 0 Å². The van der Waals surface area contributed by atoms with Gasteiger partial charge in [0.25, 0.3) is 0 Å². The van der Waals surface area contributed by atoms with Gasteiger partial charge in [-0.05, 0) is 53.9 Å². The van der Waals surface area contributed by atoms with E-state index >= 15 is 0 Å². The van der Waals surface area contributed by atoms with Gasteiger partial charge in [-0.25, -0.2) is 9.67 Å². The molecular formula is C23H29Cl2N3O3S. The average molecular weight is 498 g/mol. The van der Waals surface area contributed by atoms with Gasteiger partial charge in [0.05, 0.1) is 23.8 Å². The molecule has 1 aliphatic heterocycles. The van der Waals surface area contributed by atoms with Crippen molar-refractivity contribution in [1.29, 1.82) is 0 Å². The van der Waals surface area contributed by atoms with Gasteiger partial charge >= 0.3 is 0 Å². The van der Waals surface area contributed by atoms with Crippen LogP contribution in [0.3, 0.4) is 0 Å². The molecule has 2 aromatic rings. The lowest BCUT2D eigenvalue weighted by Crippen LogP contribution is -2.58. The minimum atomic E-state index is -1.05. The van der Waals surface area contributed by atoms with Gasteiger partial charge in [-0.1, -0.05) is 43.1 Å². The highest BCUT2D eigenvalue weighted by molar-refractivity contribution is 7.99. The first-order chi connectivity index (χ1) is 15.3. The SMILES string of the molecule is CC1(C)[C@H]2C[C@H](O)[C@@H](CSC[C@H]3CO[C@](Cn4cncn4)(c4ccc(Cl)cc4Cl)O3)[C@@H]1C2. The number of benzene rings is 1. The van der Waals surface area contributed by atoms with E-state index in [2.05, 4.69) is 23.9 Å². The first-order valence-electron chi connectivity index (χ1n) is 11.1. The van der Waals surface area contributed by atoms with Crippen LogP contribution in [0.2, 0.25) is 10.0 Å². The molecule has 3 saturated carbocycles. The molecule has 9 heteroatoms. The van der Waals surface area contributed by atoms with E-state index in [4.69, 9.17) is 32.7 Å². The predicted molar refractivity (Wildman–Crippen MR) is 126 cm³/mol. The molecule has 0 spiro atoms. The van der Waals surface area contributed by atoms with Crippen molar-refractivity contribution in [2.75, 3.05) is 18.1 Å². The molecule has 2 heterocycles. The van der Waals surface area contributed by atoms with E-state index in [1.54, 1.807) is 23.1 Å². The number of aliphatic hydroxyl groups excluding tert-OH is 1. The highest BCUT2D eigenvalue weighted by atomic mass is 35.5. The fourth-order valence-electron chi connectivity index (χ4n) is 5.76. The van der Waals surface area contributed by atoms with E-state index in [1.165, 1.54) is 12.7 Å². The predicted octanol–water partition coefficient (Wildman–Crippen LogP) is 4.63. The van der Waals surface area contributed by atoms with Gasteiger partial charge in [0.1, 0.15) is 19.2 Å². The summed E-state index contributed by atoms with van der Waals surface area (Å²) >= 11 is 14.5. The quantitative estimate of drug-likeness (QED) is 0.601. The number of ether oxygens (including phenoxy) is 2. The van der Waals surface area contributed by atoms with Gasteiger partial charge in [0.2, 0.25) is 5.79 Å². The molecule has 174 valence electrons. The zero-order chi connectivity index (χ0) is 22.5. The van der Waals surface area contributed by atoms with Crippen LogP contribution >= 0.6 is 35.0 Å². The summed E-state index contributed by atoms with van der Waals surface area (Å²) in [7, 11) is 0. The van der Waals surface area contributed by atoms with Gasteiger partial charge in [0.15, 0.2) is 0 Å². The van der Waals surface area contributed by atoms with Crippen molar-refractivity contribution in [3.05, 3.63) is 46.5 Å². The summed E-state index contributed by atoms with van der Waals surface area (Å²) in [4.78, 5) is 4.03. The van der Waals surface area contributed by atoms with Crippen molar-refractivity contribution in [3.63, 3.8) is 0 Å². The van der Waals surface area contributed by atoms with Gasteiger partial charge < -0.3 is 14.6 Å². The number of hydrogen-bond acceptors (Lipinski definition) is 6. The molecule has 2 bridgehead atoms. The Morgan fingerprint density at radius 3 is 2.81 bits per heavy atom. The zero-order valence-corrected chi connectivity index (χ0v) is 20.6. The minimum Gasteiger partial charge on any atom is -0.393 e.